The summed E-state index contributed by atoms with van der Waals surface area (Å²) in [6.07, 6.45) is 0. The van der Waals surface area contributed by atoms with Crippen molar-refractivity contribution in [2.45, 2.75) is 0 Å². The van der Waals surface area contributed by atoms with Gasteiger partial charge in [-0.05, 0) is 17.7 Å². The molecule has 0 fully saturated rings. The summed E-state index contributed by atoms with van der Waals surface area (Å²) in [5.74, 6) is -0.392. The van der Waals surface area contributed by atoms with Crippen LogP contribution in [0.4, 0.5) is 11.4 Å². The van der Waals surface area contributed by atoms with Crippen LogP contribution in [-0.2, 0) is 4.79 Å². The molecule has 0 N–H and O–H groups in total. The van der Waals surface area contributed by atoms with Crippen LogP contribution in [0.5, 0.6) is 0 Å². The number of likely N-dealkylation sites (N-methyl/N-ethyl adjacent to an activating group) is 1. The number of benzene rings is 1. The van der Waals surface area contributed by atoms with Crippen molar-refractivity contribution in [2.75, 3.05) is 18.5 Å². The van der Waals surface area contributed by atoms with E-state index >= 15 is 0 Å². The summed E-state index contributed by atoms with van der Waals surface area (Å²) in [6, 6.07) is 5.50. The Labute approximate surface area is 96.2 Å². The Hall–Kier alpha value is -2.60. The molecule has 0 saturated carbocycles. The van der Waals surface area contributed by atoms with Gasteiger partial charge in [0.15, 0.2) is 0 Å². The van der Waals surface area contributed by atoms with Crippen molar-refractivity contribution in [3.8, 4) is 0 Å². The summed E-state index contributed by atoms with van der Waals surface area (Å²) in [7, 11) is 1.50. The Bertz CT molecular complexity index is 478. The van der Waals surface area contributed by atoms with E-state index in [1.807, 2.05) is 0 Å². The minimum atomic E-state index is -0.522. The fourth-order valence-corrected chi connectivity index (χ4v) is 1.14. The van der Waals surface area contributed by atoms with E-state index in [1.54, 1.807) is 0 Å². The summed E-state index contributed by atoms with van der Waals surface area (Å²) < 4.78 is 0. The van der Waals surface area contributed by atoms with E-state index in [4.69, 9.17) is 5.53 Å². The van der Waals surface area contributed by atoms with Gasteiger partial charge in [-0.15, -0.1) is 0 Å². The largest absolute Gasteiger partial charge is 0.315 e. The molecule has 0 saturated heterocycles. The molecular formula is C9H9N5O3. The van der Waals surface area contributed by atoms with Crippen molar-refractivity contribution in [3.63, 3.8) is 0 Å². The molecule has 0 bridgehead atoms. The Morgan fingerprint density at radius 2 is 2.12 bits per heavy atom. The van der Waals surface area contributed by atoms with Gasteiger partial charge in [0, 0.05) is 29.8 Å². The van der Waals surface area contributed by atoms with E-state index in [0.717, 1.165) is 0 Å². The molecule has 8 nitrogen and oxygen atoms in total. The highest BCUT2D eigenvalue weighted by molar-refractivity contribution is 5.94. The second kappa shape index (κ2) is 5.47. The molecule has 0 aliphatic carbocycles. The number of carbonyl (C=O) groups excluding carboxylic acids is 1. The van der Waals surface area contributed by atoms with Crippen molar-refractivity contribution in [2.24, 2.45) is 5.11 Å². The highest BCUT2D eigenvalue weighted by Gasteiger charge is 2.11. The maximum absolute atomic E-state index is 11.4. The summed E-state index contributed by atoms with van der Waals surface area (Å²) >= 11 is 0. The Balaban J connectivity index is 2.82. The minimum absolute atomic E-state index is 0.0513. The zero-order valence-corrected chi connectivity index (χ0v) is 8.98. The predicted octanol–water partition coefficient (Wildman–Crippen LogP) is 1.87. The monoisotopic (exact) mass is 235 g/mol. The second-order valence-electron chi connectivity index (χ2n) is 3.12. The topological polar surface area (TPSA) is 112 Å². The van der Waals surface area contributed by atoms with Crippen molar-refractivity contribution in [1.82, 2.24) is 0 Å². The summed E-state index contributed by atoms with van der Waals surface area (Å²) in [6.45, 7) is -0.288. The quantitative estimate of drug-likeness (QED) is 0.261. The molecule has 0 aliphatic rings. The lowest BCUT2D eigenvalue weighted by atomic mass is 10.2. The molecule has 17 heavy (non-hydrogen) atoms. The standard InChI is InChI=1S/C9H9N5O3/c1-13(9(15)6-11-12-10)7-2-4-8(5-3-7)14(16)17/h2-5H,6H2,1H3. The minimum Gasteiger partial charge on any atom is -0.315 e. The average Bonchev–Trinajstić information content (AvgIpc) is 2.35. The number of azide groups is 1. The molecule has 0 aromatic heterocycles. The van der Waals surface area contributed by atoms with E-state index < -0.39 is 10.8 Å². The number of nitrogens with zero attached hydrogens (tertiary/aromatic N) is 5. The van der Waals surface area contributed by atoms with Crippen LogP contribution in [-0.4, -0.2) is 24.4 Å². The molecule has 1 aromatic carbocycles. The first-order valence-electron chi connectivity index (χ1n) is 4.58. The lowest BCUT2D eigenvalue weighted by Crippen LogP contribution is -2.28. The Morgan fingerprint density at radius 1 is 1.53 bits per heavy atom. The third-order valence-corrected chi connectivity index (χ3v) is 2.09. The molecule has 0 heterocycles. The number of carbonyl (C=O) groups is 1. The number of hydrogen-bond acceptors (Lipinski definition) is 4. The first-order valence-corrected chi connectivity index (χ1v) is 4.58. The van der Waals surface area contributed by atoms with Gasteiger partial charge in [-0.25, -0.2) is 0 Å². The summed E-state index contributed by atoms with van der Waals surface area (Å²) in [4.78, 5) is 25.1. The van der Waals surface area contributed by atoms with Gasteiger partial charge >= 0.3 is 0 Å². The first-order chi connectivity index (χ1) is 8.06. The van der Waals surface area contributed by atoms with Crippen LogP contribution in [0.15, 0.2) is 29.4 Å². The van der Waals surface area contributed by atoms with Crippen molar-refractivity contribution in [3.05, 3.63) is 44.8 Å². The van der Waals surface area contributed by atoms with Crippen molar-refractivity contribution < 1.29 is 9.72 Å². The number of hydrogen-bond donors (Lipinski definition) is 0. The van der Waals surface area contributed by atoms with Crippen molar-refractivity contribution >= 4 is 17.3 Å². The number of nitro benzene ring substituents is 1. The number of anilines is 1. The van der Waals surface area contributed by atoms with E-state index in [2.05, 4.69) is 10.0 Å². The first kappa shape index (κ1) is 12.5. The van der Waals surface area contributed by atoms with Gasteiger partial charge in [0.25, 0.3) is 5.69 Å². The Morgan fingerprint density at radius 3 is 2.59 bits per heavy atom. The predicted molar refractivity (Wildman–Crippen MR) is 60.5 cm³/mol. The van der Waals surface area contributed by atoms with Crippen LogP contribution in [0.2, 0.25) is 0 Å². The molecule has 1 rings (SSSR count). The van der Waals surface area contributed by atoms with E-state index in [1.165, 1.54) is 36.2 Å². The van der Waals surface area contributed by atoms with Crippen LogP contribution in [0.25, 0.3) is 10.4 Å². The Kier molecular flexibility index (Phi) is 4.02. The normalized spacial score (nSPS) is 9.24. The van der Waals surface area contributed by atoms with Gasteiger partial charge in [-0.2, -0.15) is 0 Å². The highest BCUT2D eigenvalue weighted by Crippen LogP contribution is 2.18. The van der Waals surface area contributed by atoms with Crippen LogP contribution in [0, 0.1) is 10.1 Å². The summed E-state index contributed by atoms with van der Waals surface area (Å²) in [5, 5.41) is 13.6. The third-order valence-electron chi connectivity index (χ3n) is 2.09. The van der Waals surface area contributed by atoms with Crippen LogP contribution in [0.1, 0.15) is 0 Å². The van der Waals surface area contributed by atoms with Gasteiger partial charge in [-0.1, -0.05) is 5.11 Å². The number of nitro groups is 1. The van der Waals surface area contributed by atoms with Gasteiger partial charge in [0.05, 0.1) is 4.92 Å². The van der Waals surface area contributed by atoms with E-state index in [9.17, 15) is 14.9 Å². The third kappa shape index (κ3) is 3.18. The molecule has 0 atom stereocenters. The van der Waals surface area contributed by atoms with Crippen LogP contribution in [0.3, 0.4) is 0 Å². The van der Waals surface area contributed by atoms with Crippen LogP contribution < -0.4 is 4.90 Å². The van der Waals surface area contributed by atoms with E-state index in [0.29, 0.717) is 5.69 Å². The maximum atomic E-state index is 11.4. The van der Waals surface area contributed by atoms with E-state index in [-0.39, 0.29) is 12.2 Å². The van der Waals surface area contributed by atoms with Gasteiger partial charge in [0.1, 0.15) is 6.54 Å². The SMILES string of the molecule is CN(C(=O)CN=[N+]=[N-])c1ccc([N+](=O)[O-])cc1. The summed E-state index contributed by atoms with van der Waals surface area (Å²) in [5.41, 5.74) is 8.52. The number of amides is 1. The fraction of sp³-hybridized carbons (Fsp3) is 0.222. The lowest BCUT2D eigenvalue weighted by Gasteiger charge is -2.15. The zero-order chi connectivity index (χ0) is 12.8. The molecule has 0 spiro atoms. The molecule has 1 amide bonds. The van der Waals surface area contributed by atoms with Crippen molar-refractivity contribution in [1.29, 1.82) is 0 Å². The highest BCUT2D eigenvalue weighted by atomic mass is 16.6. The molecular weight excluding hydrogens is 226 g/mol. The van der Waals surface area contributed by atoms with Crippen LogP contribution >= 0.6 is 0 Å². The average molecular weight is 235 g/mol. The molecule has 88 valence electrons. The number of non-ortho nitro benzene ring substituents is 1. The lowest BCUT2D eigenvalue weighted by molar-refractivity contribution is -0.384. The zero-order valence-electron chi connectivity index (χ0n) is 8.98. The van der Waals surface area contributed by atoms with Gasteiger partial charge in [-0.3, -0.25) is 14.9 Å². The molecule has 0 radical (unpaired) electrons. The molecule has 0 aliphatic heterocycles. The molecule has 0 unspecified atom stereocenters. The van der Waals surface area contributed by atoms with Gasteiger partial charge in [0.2, 0.25) is 5.91 Å². The molecule has 8 heteroatoms. The number of rotatable bonds is 4. The second-order valence-corrected chi connectivity index (χ2v) is 3.12. The fourth-order valence-electron chi connectivity index (χ4n) is 1.14. The van der Waals surface area contributed by atoms with Gasteiger partial charge < -0.3 is 4.90 Å². The molecule has 1 aromatic rings. The smallest absolute Gasteiger partial charge is 0.269 e. The maximum Gasteiger partial charge on any atom is 0.269 e.